The first-order chi connectivity index (χ1) is 14.1. The van der Waals surface area contributed by atoms with Crippen molar-refractivity contribution in [3.05, 3.63) is 28.8 Å². The maximum absolute atomic E-state index is 12.8. The number of hydrogen-bond acceptors (Lipinski definition) is 7. The molecule has 0 amide bonds. The molecule has 1 saturated heterocycles. The zero-order valence-corrected chi connectivity index (χ0v) is 18.4. The van der Waals surface area contributed by atoms with Crippen molar-refractivity contribution in [2.45, 2.75) is 66.0 Å². The van der Waals surface area contributed by atoms with Gasteiger partial charge >= 0.3 is 13.1 Å². The van der Waals surface area contributed by atoms with Gasteiger partial charge in [-0.25, -0.2) is 0 Å². The lowest BCUT2D eigenvalue weighted by Crippen LogP contribution is -2.32. The molecule has 0 spiro atoms. The lowest BCUT2D eigenvalue weighted by atomic mass is 9.74. The molecule has 8 heteroatoms. The number of ether oxygens (including phenoxy) is 3. The summed E-state index contributed by atoms with van der Waals surface area (Å²) in [6.45, 7) is 10.2. The Morgan fingerprint density at radius 3 is 2.70 bits per heavy atom. The largest absolute Gasteiger partial charge is 0.492 e. The van der Waals surface area contributed by atoms with E-state index in [0.29, 0.717) is 30.7 Å². The summed E-state index contributed by atoms with van der Waals surface area (Å²) in [6.07, 6.45) is 0.351. The number of ketones is 1. The third-order valence-electron chi connectivity index (χ3n) is 5.82. The second-order valence-corrected chi connectivity index (χ2v) is 8.87. The number of carbonyl (C=O) groups is 2. The average Bonchev–Trinajstić information content (AvgIpc) is 3.22. The van der Waals surface area contributed by atoms with Crippen LogP contribution in [0.15, 0.2) is 12.1 Å². The van der Waals surface area contributed by atoms with Crippen molar-refractivity contribution in [3.8, 4) is 0 Å². The molecule has 7 nitrogen and oxygen atoms in total. The first kappa shape index (κ1) is 22.9. The summed E-state index contributed by atoms with van der Waals surface area (Å²) in [7, 11) is -0.988. The summed E-state index contributed by atoms with van der Waals surface area (Å²) in [4.78, 5) is 25.5. The first-order valence-electron chi connectivity index (χ1n) is 10.5. The second-order valence-electron chi connectivity index (χ2n) is 8.87. The Morgan fingerprint density at radius 1 is 1.33 bits per heavy atom. The van der Waals surface area contributed by atoms with Crippen LogP contribution in [0.25, 0.3) is 0 Å². The minimum Gasteiger partial charge on any atom is -0.463 e. The molecule has 3 rings (SSSR count). The number of fused-ring (bicyclic) bond motifs is 1. The molecule has 0 saturated carbocycles. The molecule has 1 N–H and O–H groups in total. The van der Waals surface area contributed by atoms with Gasteiger partial charge in [0.2, 0.25) is 0 Å². The van der Waals surface area contributed by atoms with Crippen LogP contribution in [0, 0.1) is 18.8 Å². The van der Waals surface area contributed by atoms with Crippen molar-refractivity contribution in [2.24, 2.45) is 11.8 Å². The van der Waals surface area contributed by atoms with Crippen LogP contribution in [-0.2, 0) is 30.3 Å². The molecule has 1 aromatic carbocycles. The molecule has 0 aromatic heterocycles. The Balaban J connectivity index is 1.57. The highest BCUT2D eigenvalue weighted by Crippen LogP contribution is 2.25. The summed E-state index contributed by atoms with van der Waals surface area (Å²) in [6, 6.07) is 3.60. The Hall–Kier alpha value is -1.74. The second kappa shape index (κ2) is 9.18. The van der Waals surface area contributed by atoms with Crippen LogP contribution >= 0.6 is 0 Å². The van der Waals surface area contributed by atoms with Gasteiger partial charge in [-0.05, 0) is 49.7 Å². The van der Waals surface area contributed by atoms with E-state index in [1.54, 1.807) is 6.07 Å². The van der Waals surface area contributed by atoms with Gasteiger partial charge in [0.05, 0.1) is 19.1 Å². The molecular weight excluding hydrogens is 387 g/mol. The molecule has 2 heterocycles. The zero-order valence-electron chi connectivity index (χ0n) is 18.4. The molecule has 2 aliphatic rings. The third-order valence-corrected chi connectivity index (χ3v) is 5.82. The fraction of sp³-hybridized carbons (Fsp3) is 0.636. The zero-order chi connectivity index (χ0) is 22.1. The molecule has 1 fully saturated rings. The van der Waals surface area contributed by atoms with Gasteiger partial charge in [-0.3, -0.25) is 9.59 Å². The van der Waals surface area contributed by atoms with Crippen LogP contribution < -0.4 is 5.46 Å². The van der Waals surface area contributed by atoms with Crippen molar-refractivity contribution in [1.29, 1.82) is 0 Å². The predicted molar refractivity (Wildman–Crippen MR) is 111 cm³/mol. The van der Waals surface area contributed by atoms with E-state index in [0.717, 1.165) is 11.1 Å². The molecule has 30 heavy (non-hydrogen) atoms. The van der Waals surface area contributed by atoms with Gasteiger partial charge in [-0.2, -0.15) is 0 Å². The van der Waals surface area contributed by atoms with Gasteiger partial charge in [0.1, 0.15) is 12.7 Å². The topological polar surface area (TPSA) is 91.3 Å². The average molecular weight is 418 g/mol. The third kappa shape index (κ3) is 5.11. The van der Waals surface area contributed by atoms with E-state index < -0.39 is 12.9 Å². The van der Waals surface area contributed by atoms with E-state index in [2.05, 4.69) is 0 Å². The van der Waals surface area contributed by atoms with Crippen LogP contribution in [0.4, 0.5) is 0 Å². The number of carbonyl (C=O) groups excluding carboxylic acids is 2. The number of rotatable bonds is 8. The summed E-state index contributed by atoms with van der Waals surface area (Å²) in [5, 5.41) is 10.00. The van der Waals surface area contributed by atoms with Crippen LogP contribution in [-0.4, -0.2) is 49.0 Å². The van der Waals surface area contributed by atoms with E-state index in [1.165, 1.54) is 0 Å². The van der Waals surface area contributed by atoms with E-state index in [4.69, 9.17) is 18.9 Å². The number of Topliss-reactive ketones (excluding diaryl/α,β-unsaturated/α-hetero) is 1. The van der Waals surface area contributed by atoms with E-state index >= 15 is 0 Å². The fourth-order valence-electron chi connectivity index (χ4n) is 4.08. The summed E-state index contributed by atoms with van der Waals surface area (Å²) in [5.41, 5.74) is 2.89. The monoisotopic (exact) mass is 418 g/mol. The highest BCUT2D eigenvalue weighted by atomic mass is 16.7. The van der Waals surface area contributed by atoms with E-state index in [1.807, 2.05) is 40.7 Å². The van der Waals surface area contributed by atoms with Crippen LogP contribution in [0.1, 0.15) is 62.0 Å². The SMILES string of the molecule is Cc1c(C(=O)CC[C@H](C(=O)OC[C@H]2COC(C)(C)O2)C(C)C)ccc2c1B(O)OC2. The smallest absolute Gasteiger partial charge is 0.463 e. The van der Waals surface area contributed by atoms with Crippen LogP contribution in [0.3, 0.4) is 0 Å². The van der Waals surface area contributed by atoms with Gasteiger partial charge in [0, 0.05) is 12.0 Å². The predicted octanol–water partition coefficient (Wildman–Crippen LogP) is 2.14. The molecule has 0 aliphatic carbocycles. The molecule has 164 valence electrons. The van der Waals surface area contributed by atoms with Gasteiger partial charge in [0.15, 0.2) is 11.6 Å². The van der Waals surface area contributed by atoms with Gasteiger partial charge < -0.3 is 23.9 Å². The molecule has 2 atom stereocenters. The van der Waals surface area contributed by atoms with Crippen molar-refractivity contribution < 1.29 is 33.5 Å². The van der Waals surface area contributed by atoms with Gasteiger partial charge in [-0.15, -0.1) is 0 Å². The Bertz CT molecular complexity index is 805. The molecule has 0 bridgehead atoms. The Kier molecular flexibility index (Phi) is 7.02. The van der Waals surface area contributed by atoms with E-state index in [-0.39, 0.29) is 42.7 Å². The van der Waals surface area contributed by atoms with E-state index in [9.17, 15) is 14.6 Å². The Labute approximate surface area is 178 Å². The summed E-state index contributed by atoms with van der Waals surface area (Å²) in [5.74, 6) is -1.37. The summed E-state index contributed by atoms with van der Waals surface area (Å²) >= 11 is 0. The first-order valence-corrected chi connectivity index (χ1v) is 10.5. The Morgan fingerprint density at radius 2 is 2.07 bits per heavy atom. The molecule has 2 aliphatic heterocycles. The molecule has 1 aromatic rings. The molecular formula is C22H31BO7. The number of hydrogen-bond donors (Lipinski definition) is 1. The highest BCUT2D eigenvalue weighted by molar-refractivity contribution is 6.62. The van der Waals surface area contributed by atoms with Crippen molar-refractivity contribution >= 4 is 24.3 Å². The number of esters is 1. The lowest BCUT2D eigenvalue weighted by molar-refractivity contribution is -0.162. The normalized spacial score (nSPS) is 21.0. The molecule has 0 unspecified atom stereocenters. The summed E-state index contributed by atoms with van der Waals surface area (Å²) < 4.78 is 21.9. The van der Waals surface area contributed by atoms with Gasteiger partial charge in [-0.1, -0.05) is 26.0 Å². The van der Waals surface area contributed by atoms with Crippen molar-refractivity contribution in [1.82, 2.24) is 0 Å². The molecule has 0 radical (unpaired) electrons. The van der Waals surface area contributed by atoms with Crippen LogP contribution in [0.2, 0.25) is 0 Å². The minimum atomic E-state index is -0.988. The fourth-order valence-corrected chi connectivity index (χ4v) is 4.08. The quantitative estimate of drug-likeness (QED) is 0.393. The number of benzene rings is 1. The van der Waals surface area contributed by atoms with Gasteiger partial charge in [0.25, 0.3) is 0 Å². The van der Waals surface area contributed by atoms with Crippen molar-refractivity contribution in [2.75, 3.05) is 13.2 Å². The van der Waals surface area contributed by atoms with Crippen molar-refractivity contribution in [3.63, 3.8) is 0 Å². The lowest BCUT2D eigenvalue weighted by Gasteiger charge is -2.21. The van der Waals surface area contributed by atoms with Crippen LogP contribution in [0.5, 0.6) is 0 Å². The minimum absolute atomic E-state index is 0.0406. The maximum atomic E-state index is 12.8. The standard InChI is InChI=1S/C22H31BO7/c1-13(2)17(21(25)27-11-16-12-28-22(4,5)30-16)8-9-19(24)18-7-6-15-10-29-23(26)20(15)14(18)3/h6-7,13,16-17,26H,8-12H2,1-5H3/t16-,17-/m0/s1. The maximum Gasteiger partial charge on any atom is 0.492 e. The highest BCUT2D eigenvalue weighted by Gasteiger charge is 2.35.